The lowest BCUT2D eigenvalue weighted by atomic mass is 10.0. The van der Waals surface area contributed by atoms with E-state index in [1.165, 1.54) is 12.3 Å². The van der Waals surface area contributed by atoms with E-state index in [2.05, 4.69) is 36.8 Å². The van der Waals surface area contributed by atoms with Gasteiger partial charge >= 0.3 is 0 Å². The molecule has 0 saturated heterocycles. The lowest BCUT2D eigenvalue weighted by molar-refractivity contribution is 1.26. The van der Waals surface area contributed by atoms with Crippen LogP contribution >= 0.6 is 25.3 Å². The van der Waals surface area contributed by atoms with Crippen LogP contribution in [0.25, 0.3) is 17.0 Å². The van der Waals surface area contributed by atoms with Crippen molar-refractivity contribution in [3.8, 4) is 12.1 Å². The van der Waals surface area contributed by atoms with Crippen molar-refractivity contribution in [3.63, 3.8) is 0 Å². The van der Waals surface area contributed by atoms with Gasteiger partial charge < -0.3 is 5.73 Å². The maximum atomic E-state index is 8.99. The Labute approximate surface area is 133 Å². The summed E-state index contributed by atoms with van der Waals surface area (Å²) in [5.74, 6) is 0. The van der Waals surface area contributed by atoms with E-state index in [0.29, 0.717) is 43.1 Å². The van der Waals surface area contributed by atoms with Crippen molar-refractivity contribution in [2.45, 2.75) is 9.79 Å². The minimum absolute atomic E-state index is 0.359. The third-order valence-corrected chi connectivity index (χ3v) is 4.05. The first-order valence-electron chi connectivity index (χ1n) is 5.81. The summed E-state index contributed by atoms with van der Waals surface area (Å²) in [7, 11) is 0. The van der Waals surface area contributed by atoms with Gasteiger partial charge in [0, 0.05) is 26.9 Å². The van der Waals surface area contributed by atoms with E-state index in [1.807, 2.05) is 12.1 Å². The fraction of sp³-hybridized carbons (Fsp3) is 0. The van der Waals surface area contributed by atoms with E-state index >= 15 is 0 Å². The summed E-state index contributed by atoms with van der Waals surface area (Å²) in [5.41, 5.74) is 8.35. The molecule has 2 aromatic rings. The molecule has 0 aliphatic heterocycles. The number of pyridine rings is 1. The lowest BCUT2D eigenvalue weighted by Gasteiger charge is -2.12. The Morgan fingerprint density at radius 2 is 2.05 bits per heavy atom. The largest absolute Gasteiger partial charge is 0.396 e. The minimum atomic E-state index is 0.359. The standard InChI is InChI=1S/C15H10N4S2/c1-2-8(5-16)3-10-12(18)13-11(15(21)14(10)20)4-9(6-17)7-19-13/h2-4,7,20-21H,1,18H2/b8-3+. The number of nitrogen functional groups attached to an aromatic ring is 1. The maximum absolute atomic E-state index is 8.99. The Bertz CT molecular complexity index is 870. The first kappa shape index (κ1) is 15.0. The smallest absolute Gasteiger partial charge is 0.101 e. The molecule has 0 amide bonds. The van der Waals surface area contributed by atoms with Gasteiger partial charge in [-0.2, -0.15) is 10.5 Å². The number of hydrogen-bond donors (Lipinski definition) is 3. The summed E-state index contributed by atoms with van der Waals surface area (Å²) in [6, 6.07) is 5.69. The molecule has 0 atom stereocenters. The highest BCUT2D eigenvalue weighted by Crippen LogP contribution is 2.37. The quantitative estimate of drug-likeness (QED) is 0.343. The van der Waals surface area contributed by atoms with Crippen molar-refractivity contribution in [2.75, 3.05) is 5.73 Å². The molecule has 2 N–H and O–H groups in total. The Hall–Kier alpha value is -2.41. The SMILES string of the molecule is C=C/C(C#N)=C\c1c(S)c(S)c2cc(C#N)cnc2c1N. The molecule has 0 radical (unpaired) electrons. The van der Waals surface area contributed by atoms with Crippen molar-refractivity contribution in [1.82, 2.24) is 4.98 Å². The second-order valence-electron chi connectivity index (χ2n) is 4.17. The van der Waals surface area contributed by atoms with E-state index in [9.17, 15) is 0 Å². The van der Waals surface area contributed by atoms with Gasteiger partial charge in [0.25, 0.3) is 0 Å². The molecule has 6 heteroatoms. The summed E-state index contributed by atoms with van der Waals surface area (Å²) >= 11 is 8.85. The molecule has 21 heavy (non-hydrogen) atoms. The third kappa shape index (κ3) is 2.59. The van der Waals surface area contributed by atoms with Gasteiger partial charge in [-0.05, 0) is 12.1 Å². The molecule has 0 saturated carbocycles. The summed E-state index contributed by atoms with van der Waals surface area (Å²) in [5, 5.41) is 18.6. The summed E-state index contributed by atoms with van der Waals surface area (Å²) in [6.07, 6.45) is 4.46. The predicted octanol–water partition coefficient (Wildman–Crippen LogP) is 3.36. The molecule has 0 aliphatic carbocycles. The van der Waals surface area contributed by atoms with E-state index in [1.54, 1.807) is 12.1 Å². The topological polar surface area (TPSA) is 86.5 Å². The van der Waals surface area contributed by atoms with Crippen LogP contribution in [0.15, 0.2) is 40.3 Å². The van der Waals surface area contributed by atoms with Crippen LogP contribution in [0.2, 0.25) is 0 Å². The fourth-order valence-corrected chi connectivity index (χ4v) is 2.47. The zero-order valence-corrected chi connectivity index (χ0v) is 12.6. The number of anilines is 1. The second kappa shape index (κ2) is 5.92. The third-order valence-electron chi connectivity index (χ3n) is 2.95. The van der Waals surface area contributed by atoms with Gasteiger partial charge in [-0.25, -0.2) is 0 Å². The average molecular weight is 310 g/mol. The summed E-state index contributed by atoms with van der Waals surface area (Å²) < 4.78 is 0. The van der Waals surface area contributed by atoms with Crippen LogP contribution in [0.3, 0.4) is 0 Å². The molecule has 0 bridgehead atoms. The molecule has 102 valence electrons. The molecule has 4 nitrogen and oxygen atoms in total. The number of allylic oxidation sites excluding steroid dienone is 2. The second-order valence-corrected chi connectivity index (χ2v) is 5.07. The van der Waals surface area contributed by atoms with E-state index in [0.717, 1.165) is 0 Å². The van der Waals surface area contributed by atoms with Gasteiger partial charge in [-0.1, -0.05) is 12.7 Å². The van der Waals surface area contributed by atoms with Crippen LogP contribution in [0.4, 0.5) is 5.69 Å². The zero-order chi connectivity index (χ0) is 15.6. The summed E-state index contributed by atoms with van der Waals surface area (Å²) in [6.45, 7) is 3.57. The van der Waals surface area contributed by atoms with Crippen LogP contribution in [0.5, 0.6) is 0 Å². The molecule has 1 heterocycles. The van der Waals surface area contributed by atoms with E-state index in [-0.39, 0.29) is 0 Å². The molecule has 2 rings (SSSR count). The summed E-state index contributed by atoms with van der Waals surface area (Å²) in [4.78, 5) is 5.28. The van der Waals surface area contributed by atoms with Crippen molar-refractivity contribution >= 4 is 47.9 Å². The number of aromatic nitrogens is 1. The van der Waals surface area contributed by atoms with Gasteiger partial charge in [0.1, 0.15) is 6.07 Å². The van der Waals surface area contributed by atoms with Crippen LogP contribution in [0.1, 0.15) is 11.1 Å². The number of nitrogens with zero attached hydrogens (tertiary/aromatic N) is 3. The Balaban J connectivity index is 2.89. The van der Waals surface area contributed by atoms with Crippen molar-refractivity contribution in [3.05, 3.63) is 41.6 Å². The highest BCUT2D eigenvalue weighted by Gasteiger charge is 2.14. The normalized spacial score (nSPS) is 11.0. The van der Waals surface area contributed by atoms with Crippen molar-refractivity contribution in [2.24, 2.45) is 0 Å². The van der Waals surface area contributed by atoms with Gasteiger partial charge in [-0.3, -0.25) is 4.98 Å². The Morgan fingerprint density at radius 3 is 2.62 bits per heavy atom. The van der Waals surface area contributed by atoms with Crippen LogP contribution < -0.4 is 5.73 Å². The van der Waals surface area contributed by atoms with Gasteiger partial charge in [0.15, 0.2) is 0 Å². The highest BCUT2D eigenvalue weighted by molar-refractivity contribution is 7.83. The molecule has 1 aromatic heterocycles. The molecular weight excluding hydrogens is 300 g/mol. The number of fused-ring (bicyclic) bond motifs is 1. The molecule has 0 spiro atoms. The Kier molecular flexibility index (Phi) is 4.23. The zero-order valence-electron chi connectivity index (χ0n) is 10.8. The average Bonchev–Trinajstić information content (AvgIpc) is 2.52. The lowest BCUT2D eigenvalue weighted by Crippen LogP contribution is -1.98. The highest BCUT2D eigenvalue weighted by atomic mass is 32.1. The van der Waals surface area contributed by atoms with Crippen molar-refractivity contribution in [1.29, 1.82) is 10.5 Å². The first-order chi connectivity index (χ1) is 10.0. The number of rotatable bonds is 2. The molecule has 1 aromatic carbocycles. The van der Waals surface area contributed by atoms with Crippen molar-refractivity contribution < 1.29 is 0 Å². The number of hydrogen-bond acceptors (Lipinski definition) is 6. The number of nitrogens with two attached hydrogens (primary N) is 1. The predicted molar refractivity (Wildman–Crippen MR) is 89.2 cm³/mol. The maximum Gasteiger partial charge on any atom is 0.101 e. The minimum Gasteiger partial charge on any atom is -0.396 e. The van der Waals surface area contributed by atoms with Crippen LogP contribution in [-0.2, 0) is 0 Å². The number of benzene rings is 1. The Morgan fingerprint density at radius 1 is 1.33 bits per heavy atom. The molecule has 0 unspecified atom stereocenters. The molecule has 0 fully saturated rings. The first-order valence-corrected chi connectivity index (χ1v) is 6.70. The molecular formula is C15H10N4S2. The fourth-order valence-electron chi connectivity index (χ4n) is 1.87. The van der Waals surface area contributed by atoms with Gasteiger partial charge in [0.2, 0.25) is 0 Å². The number of nitriles is 2. The van der Waals surface area contributed by atoms with E-state index in [4.69, 9.17) is 16.3 Å². The van der Waals surface area contributed by atoms with Gasteiger partial charge in [0.05, 0.1) is 28.4 Å². The molecule has 0 aliphatic rings. The van der Waals surface area contributed by atoms with Crippen LogP contribution in [-0.4, -0.2) is 4.98 Å². The van der Waals surface area contributed by atoms with Gasteiger partial charge in [-0.15, -0.1) is 25.3 Å². The van der Waals surface area contributed by atoms with Crippen LogP contribution in [0, 0.1) is 22.7 Å². The monoisotopic (exact) mass is 310 g/mol. The van der Waals surface area contributed by atoms with E-state index < -0.39 is 0 Å². The number of thiol groups is 2.